The minimum atomic E-state index is -0.256. The molecule has 0 bridgehead atoms. The average molecular weight is 354 g/mol. The van der Waals surface area contributed by atoms with Crippen molar-refractivity contribution in [3.8, 4) is 11.4 Å². The first-order valence-corrected chi connectivity index (χ1v) is 8.64. The molecule has 3 aromatic rings. The molecule has 0 unspecified atom stereocenters. The minimum absolute atomic E-state index is 0.256. The Bertz CT molecular complexity index is 878. The lowest BCUT2D eigenvalue weighted by Crippen LogP contribution is -2.31. The molecule has 4 rings (SSSR count). The maximum Gasteiger partial charge on any atom is 0.159 e. The first kappa shape index (κ1) is 16.2. The van der Waals surface area contributed by atoms with Crippen molar-refractivity contribution in [1.29, 1.82) is 0 Å². The standard InChI is InChI=1S/C20H17ClFN3/c21-17-7-4-8-18(22)16(17)13-25-10-9-19-15(12-25)11-23-20(24-19)14-5-2-1-3-6-14/h1-8,11H,9-10,12-13H2. The van der Waals surface area contributed by atoms with Gasteiger partial charge in [0.25, 0.3) is 0 Å². The number of hydrogen-bond acceptors (Lipinski definition) is 3. The third-order valence-electron chi connectivity index (χ3n) is 4.49. The fourth-order valence-electron chi connectivity index (χ4n) is 3.14. The lowest BCUT2D eigenvalue weighted by molar-refractivity contribution is 0.239. The molecule has 0 atom stereocenters. The zero-order valence-electron chi connectivity index (χ0n) is 13.6. The number of hydrogen-bond donors (Lipinski definition) is 0. The summed E-state index contributed by atoms with van der Waals surface area (Å²) < 4.78 is 14.0. The highest BCUT2D eigenvalue weighted by molar-refractivity contribution is 6.31. The van der Waals surface area contributed by atoms with E-state index >= 15 is 0 Å². The summed E-state index contributed by atoms with van der Waals surface area (Å²) in [6.45, 7) is 2.02. The largest absolute Gasteiger partial charge is 0.294 e. The molecular formula is C20H17ClFN3. The number of benzene rings is 2. The Morgan fingerprint density at radius 2 is 1.92 bits per heavy atom. The van der Waals surface area contributed by atoms with E-state index in [2.05, 4.69) is 9.88 Å². The van der Waals surface area contributed by atoms with Crippen LogP contribution in [-0.4, -0.2) is 21.4 Å². The quantitative estimate of drug-likeness (QED) is 0.694. The van der Waals surface area contributed by atoms with Crippen LogP contribution in [0.5, 0.6) is 0 Å². The molecule has 2 heterocycles. The van der Waals surface area contributed by atoms with Crippen molar-refractivity contribution in [3.05, 3.63) is 82.4 Å². The van der Waals surface area contributed by atoms with E-state index in [1.54, 1.807) is 12.1 Å². The molecule has 2 aromatic carbocycles. The minimum Gasteiger partial charge on any atom is -0.294 e. The van der Waals surface area contributed by atoms with Gasteiger partial charge in [-0.3, -0.25) is 4.90 Å². The van der Waals surface area contributed by atoms with E-state index in [1.807, 2.05) is 36.5 Å². The summed E-state index contributed by atoms with van der Waals surface area (Å²) >= 11 is 6.15. The van der Waals surface area contributed by atoms with Crippen LogP contribution in [-0.2, 0) is 19.5 Å². The van der Waals surface area contributed by atoms with Crippen LogP contribution in [0.2, 0.25) is 5.02 Å². The molecule has 1 aliphatic rings. The molecule has 5 heteroatoms. The summed E-state index contributed by atoms with van der Waals surface area (Å²) in [6, 6.07) is 14.8. The predicted octanol–water partition coefficient (Wildman–Crippen LogP) is 4.49. The van der Waals surface area contributed by atoms with Crippen molar-refractivity contribution in [3.63, 3.8) is 0 Å². The highest BCUT2D eigenvalue weighted by Gasteiger charge is 2.20. The van der Waals surface area contributed by atoms with Crippen molar-refractivity contribution in [2.75, 3.05) is 6.54 Å². The van der Waals surface area contributed by atoms with Crippen molar-refractivity contribution >= 4 is 11.6 Å². The third-order valence-corrected chi connectivity index (χ3v) is 4.84. The summed E-state index contributed by atoms with van der Waals surface area (Å²) in [5.74, 6) is 0.499. The fourth-order valence-corrected chi connectivity index (χ4v) is 3.37. The number of aromatic nitrogens is 2. The van der Waals surface area contributed by atoms with Gasteiger partial charge in [0.05, 0.1) is 5.69 Å². The van der Waals surface area contributed by atoms with Crippen LogP contribution >= 0.6 is 11.6 Å². The third kappa shape index (κ3) is 3.41. The first-order chi connectivity index (χ1) is 12.2. The molecule has 0 amide bonds. The van der Waals surface area contributed by atoms with Crippen LogP contribution in [0.25, 0.3) is 11.4 Å². The van der Waals surface area contributed by atoms with E-state index in [4.69, 9.17) is 16.6 Å². The van der Waals surface area contributed by atoms with Gasteiger partial charge < -0.3 is 0 Å². The van der Waals surface area contributed by atoms with Gasteiger partial charge in [-0.15, -0.1) is 0 Å². The van der Waals surface area contributed by atoms with E-state index in [0.717, 1.165) is 35.6 Å². The normalized spacial score (nSPS) is 14.3. The number of rotatable bonds is 3. The molecular weight excluding hydrogens is 337 g/mol. The topological polar surface area (TPSA) is 29.0 Å². The van der Waals surface area contributed by atoms with E-state index in [1.165, 1.54) is 6.07 Å². The molecule has 0 spiro atoms. The highest BCUT2D eigenvalue weighted by Crippen LogP contribution is 2.25. The lowest BCUT2D eigenvalue weighted by atomic mass is 10.1. The zero-order valence-corrected chi connectivity index (χ0v) is 14.4. The molecule has 0 fully saturated rings. The Balaban J connectivity index is 1.54. The average Bonchev–Trinajstić information content (AvgIpc) is 2.65. The number of halogens is 2. The second kappa shape index (κ2) is 6.90. The van der Waals surface area contributed by atoms with Crippen molar-refractivity contribution in [1.82, 2.24) is 14.9 Å². The maximum atomic E-state index is 14.0. The monoisotopic (exact) mass is 353 g/mol. The summed E-state index contributed by atoms with van der Waals surface area (Å²) in [5, 5.41) is 0.474. The SMILES string of the molecule is Fc1cccc(Cl)c1CN1CCc2nc(-c3ccccc3)ncc2C1. The van der Waals surface area contributed by atoms with Crippen LogP contribution in [0.1, 0.15) is 16.8 Å². The zero-order chi connectivity index (χ0) is 17.2. The Morgan fingerprint density at radius 1 is 1.08 bits per heavy atom. The fraction of sp³-hybridized carbons (Fsp3) is 0.200. The number of fused-ring (bicyclic) bond motifs is 1. The molecule has 1 aliphatic heterocycles. The molecule has 0 N–H and O–H groups in total. The van der Waals surface area contributed by atoms with E-state index in [0.29, 0.717) is 23.7 Å². The van der Waals surface area contributed by atoms with Gasteiger partial charge in [0.1, 0.15) is 5.82 Å². The second-order valence-corrected chi connectivity index (χ2v) is 6.60. The Morgan fingerprint density at radius 3 is 2.72 bits per heavy atom. The van der Waals surface area contributed by atoms with Crippen LogP contribution in [0.4, 0.5) is 4.39 Å². The van der Waals surface area contributed by atoms with E-state index in [-0.39, 0.29) is 5.82 Å². The van der Waals surface area contributed by atoms with Crippen LogP contribution in [0.15, 0.2) is 54.7 Å². The van der Waals surface area contributed by atoms with E-state index in [9.17, 15) is 4.39 Å². The molecule has 0 saturated heterocycles. The van der Waals surface area contributed by atoms with Gasteiger partial charge in [-0.25, -0.2) is 14.4 Å². The Hall–Kier alpha value is -2.30. The van der Waals surface area contributed by atoms with Gasteiger partial charge in [0, 0.05) is 54.0 Å². The number of nitrogens with zero attached hydrogens (tertiary/aromatic N) is 3. The highest BCUT2D eigenvalue weighted by atomic mass is 35.5. The first-order valence-electron chi connectivity index (χ1n) is 8.26. The summed E-state index contributed by atoms with van der Waals surface area (Å²) in [7, 11) is 0. The summed E-state index contributed by atoms with van der Waals surface area (Å²) in [6.07, 6.45) is 2.71. The van der Waals surface area contributed by atoms with Crippen LogP contribution in [0.3, 0.4) is 0 Å². The van der Waals surface area contributed by atoms with Crippen molar-refractivity contribution < 1.29 is 4.39 Å². The summed E-state index contributed by atoms with van der Waals surface area (Å²) in [4.78, 5) is 11.4. The van der Waals surface area contributed by atoms with Gasteiger partial charge in [0.15, 0.2) is 5.82 Å². The van der Waals surface area contributed by atoms with Crippen LogP contribution in [0, 0.1) is 5.82 Å². The van der Waals surface area contributed by atoms with Crippen molar-refractivity contribution in [2.45, 2.75) is 19.5 Å². The van der Waals surface area contributed by atoms with Gasteiger partial charge >= 0.3 is 0 Å². The van der Waals surface area contributed by atoms with E-state index < -0.39 is 0 Å². The van der Waals surface area contributed by atoms with Gasteiger partial charge in [-0.1, -0.05) is 48.0 Å². The Kier molecular flexibility index (Phi) is 4.47. The molecule has 3 nitrogen and oxygen atoms in total. The van der Waals surface area contributed by atoms with Crippen molar-refractivity contribution in [2.24, 2.45) is 0 Å². The second-order valence-electron chi connectivity index (χ2n) is 6.19. The molecule has 0 saturated carbocycles. The molecule has 0 radical (unpaired) electrons. The van der Waals surface area contributed by atoms with Gasteiger partial charge in [-0.2, -0.15) is 0 Å². The predicted molar refractivity (Wildman–Crippen MR) is 96.7 cm³/mol. The van der Waals surface area contributed by atoms with Gasteiger partial charge in [-0.05, 0) is 12.1 Å². The summed E-state index contributed by atoms with van der Waals surface area (Å²) in [5.41, 5.74) is 3.74. The lowest BCUT2D eigenvalue weighted by Gasteiger charge is -2.28. The molecule has 126 valence electrons. The Labute approximate surface area is 151 Å². The molecule has 0 aliphatic carbocycles. The molecule has 1 aromatic heterocycles. The smallest absolute Gasteiger partial charge is 0.159 e. The molecule has 25 heavy (non-hydrogen) atoms. The van der Waals surface area contributed by atoms with Crippen LogP contribution < -0.4 is 0 Å². The maximum absolute atomic E-state index is 14.0. The van der Waals surface area contributed by atoms with Gasteiger partial charge in [0.2, 0.25) is 0 Å².